The number of hydrogen-bond acceptors (Lipinski definition) is 4. The minimum absolute atomic E-state index is 0.231. The number of carbonyl (C=O) groups is 1. The number of halogens is 1. The zero-order chi connectivity index (χ0) is 12.3. The molecule has 0 aliphatic heterocycles. The molecule has 0 unspecified atom stereocenters. The Balaban J connectivity index is 2.01. The van der Waals surface area contributed by atoms with Gasteiger partial charge >= 0.3 is 0 Å². The highest BCUT2D eigenvalue weighted by Crippen LogP contribution is 2.21. The van der Waals surface area contributed by atoms with Gasteiger partial charge in [-0.3, -0.25) is 4.79 Å². The van der Waals surface area contributed by atoms with Crippen LogP contribution in [0.3, 0.4) is 0 Å². The monoisotopic (exact) mass is 267 g/mol. The lowest BCUT2D eigenvalue weighted by Crippen LogP contribution is -2.23. The number of nitrogens with one attached hydrogen (secondary N) is 1. The lowest BCUT2D eigenvalue weighted by molar-refractivity contribution is 0.0952. The number of hydrogen-bond donors (Lipinski definition) is 2. The van der Waals surface area contributed by atoms with Gasteiger partial charge in [-0.1, -0.05) is 11.6 Å². The number of rotatable bonds is 3. The largest absolute Gasteiger partial charge is 0.383 e. The molecule has 17 heavy (non-hydrogen) atoms. The molecule has 6 heteroatoms. The molecule has 0 atom stereocenters. The molecule has 0 saturated carbocycles. The SMILES string of the molecule is Nc1ncccc1C(=O)NCc1ccc(Cl)s1. The molecule has 1 amide bonds. The number of amides is 1. The Labute approximate surface area is 107 Å². The second-order valence-electron chi connectivity index (χ2n) is 3.32. The van der Waals surface area contributed by atoms with Gasteiger partial charge in [0.25, 0.3) is 5.91 Å². The number of anilines is 1. The molecule has 0 radical (unpaired) electrons. The second kappa shape index (κ2) is 5.16. The van der Waals surface area contributed by atoms with E-state index in [0.29, 0.717) is 16.4 Å². The van der Waals surface area contributed by atoms with Gasteiger partial charge in [0.2, 0.25) is 0 Å². The van der Waals surface area contributed by atoms with Crippen LogP contribution in [0.1, 0.15) is 15.2 Å². The van der Waals surface area contributed by atoms with Gasteiger partial charge in [-0.2, -0.15) is 0 Å². The van der Waals surface area contributed by atoms with E-state index < -0.39 is 0 Å². The molecule has 0 saturated heterocycles. The fourth-order valence-electron chi connectivity index (χ4n) is 1.32. The highest BCUT2D eigenvalue weighted by Gasteiger charge is 2.09. The summed E-state index contributed by atoms with van der Waals surface area (Å²) >= 11 is 7.23. The first-order chi connectivity index (χ1) is 8.16. The van der Waals surface area contributed by atoms with Crippen LogP contribution in [0.4, 0.5) is 5.82 Å². The van der Waals surface area contributed by atoms with Gasteiger partial charge in [0.15, 0.2) is 0 Å². The van der Waals surface area contributed by atoms with Crippen molar-refractivity contribution in [1.29, 1.82) is 0 Å². The van der Waals surface area contributed by atoms with E-state index in [0.717, 1.165) is 4.88 Å². The van der Waals surface area contributed by atoms with Gasteiger partial charge < -0.3 is 11.1 Å². The third kappa shape index (κ3) is 2.95. The number of nitrogens with two attached hydrogens (primary N) is 1. The summed E-state index contributed by atoms with van der Waals surface area (Å²) in [5, 5.41) is 2.76. The topological polar surface area (TPSA) is 68.0 Å². The second-order valence-corrected chi connectivity index (χ2v) is 5.12. The minimum Gasteiger partial charge on any atom is -0.383 e. The van der Waals surface area contributed by atoms with Crippen LogP contribution in [-0.4, -0.2) is 10.9 Å². The van der Waals surface area contributed by atoms with Crippen LogP contribution in [-0.2, 0) is 6.54 Å². The summed E-state index contributed by atoms with van der Waals surface area (Å²) in [5.41, 5.74) is 5.99. The normalized spacial score (nSPS) is 10.2. The summed E-state index contributed by atoms with van der Waals surface area (Å²) in [4.78, 5) is 16.6. The Kier molecular flexibility index (Phi) is 3.61. The maximum absolute atomic E-state index is 11.8. The van der Waals surface area contributed by atoms with Gasteiger partial charge in [0, 0.05) is 11.1 Å². The zero-order valence-corrected chi connectivity index (χ0v) is 10.4. The van der Waals surface area contributed by atoms with E-state index in [-0.39, 0.29) is 11.7 Å². The van der Waals surface area contributed by atoms with Crippen molar-refractivity contribution >= 4 is 34.7 Å². The van der Waals surface area contributed by atoms with E-state index in [9.17, 15) is 4.79 Å². The molecular formula is C11H10ClN3OS. The molecule has 0 spiro atoms. The Morgan fingerprint density at radius 3 is 2.94 bits per heavy atom. The molecule has 88 valence electrons. The number of nitrogen functional groups attached to an aromatic ring is 1. The molecule has 0 fully saturated rings. The van der Waals surface area contributed by atoms with E-state index in [1.54, 1.807) is 24.4 Å². The molecular weight excluding hydrogens is 258 g/mol. The van der Waals surface area contributed by atoms with Crippen LogP contribution in [0.15, 0.2) is 30.5 Å². The Morgan fingerprint density at radius 2 is 2.29 bits per heavy atom. The van der Waals surface area contributed by atoms with Crippen LogP contribution in [0.2, 0.25) is 4.34 Å². The molecule has 2 aromatic rings. The number of aromatic nitrogens is 1. The zero-order valence-electron chi connectivity index (χ0n) is 8.81. The van der Waals surface area contributed by atoms with E-state index >= 15 is 0 Å². The summed E-state index contributed by atoms with van der Waals surface area (Å²) in [6, 6.07) is 6.98. The Hall–Kier alpha value is -1.59. The minimum atomic E-state index is -0.236. The molecule has 3 N–H and O–H groups in total. The van der Waals surface area contributed by atoms with E-state index in [2.05, 4.69) is 10.3 Å². The highest BCUT2D eigenvalue weighted by atomic mass is 35.5. The van der Waals surface area contributed by atoms with Crippen LogP contribution in [0.5, 0.6) is 0 Å². The van der Waals surface area contributed by atoms with Crippen LogP contribution >= 0.6 is 22.9 Å². The maximum Gasteiger partial charge on any atom is 0.255 e. The molecule has 0 bridgehead atoms. The Bertz CT molecular complexity index is 541. The van der Waals surface area contributed by atoms with Gasteiger partial charge in [-0.15, -0.1) is 11.3 Å². The molecule has 0 aromatic carbocycles. The van der Waals surface area contributed by atoms with Gasteiger partial charge in [-0.25, -0.2) is 4.98 Å². The lowest BCUT2D eigenvalue weighted by atomic mass is 10.2. The first-order valence-electron chi connectivity index (χ1n) is 4.89. The predicted molar refractivity (Wildman–Crippen MR) is 69.1 cm³/mol. The summed E-state index contributed by atoms with van der Waals surface area (Å²) in [5.74, 6) is -0.00525. The van der Waals surface area contributed by atoms with Crippen LogP contribution in [0.25, 0.3) is 0 Å². The smallest absolute Gasteiger partial charge is 0.255 e. The molecule has 0 aliphatic carbocycles. The molecule has 2 heterocycles. The number of nitrogens with zero attached hydrogens (tertiary/aromatic N) is 1. The summed E-state index contributed by atoms with van der Waals surface area (Å²) in [6.45, 7) is 0.435. The van der Waals surface area contributed by atoms with E-state index in [4.69, 9.17) is 17.3 Å². The van der Waals surface area contributed by atoms with Gasteiger partial charge in [0.1, 0.15) is 5.82 Å². The van der Waals surface area contributed by atoms with E-state index in [1.807, 2.05) is 6.07 Å². The number of pyridine rings is 1. The van der Waals surface area contributed by atoms with Crippen molar-refractivity contribution in [2.24, 2.45) is 0 Å². The molecule has 2 rings (SSSR count). The standard InChI is InChI=1S/C11H10ClN3OS/c12-9-4-3-7(17-9)6-15-11(16)8-2-1-5-14-10(8)13/h1-5H,6H2,(H2,13,14)(H,15,16). The summed E-state index contributed by atoms with van der Waals surface area (Å²) in [6.07, 6.45) is 1.55. The van der Waals surface area contributed by atoms with Crippen LogP contribution < -0.4 is 11.1 Å². The van der Waals surface area contributed by atoms with Crippen molar-refractivity contribution in [2.75, 3.05) is 5.73 Å². The third-order valence-electron chi connectivity index (χ3n) is 2.14. The fraction of sp³-hybridized carbons (Fsp3) is 0.0909. The summed E-state index contributed by atoms with van der Waals surface area (Å²) < 4.78 is 0.704. The van der Waals surface area contributed by atoms with Crippen molar-refractivity contribution < 1.29 is 4.79 Å². The third-order valence-corrected chi connectivity index (χ3v) is 3.37. The van der Waals surface area contributed by atoms with E-state index in [1.165, 1.54) is 11.3 Å². The number of thiophene rings is 1. The predicted octanol–water partition coefficient (Wildman–Crippen LogP) is 2.31. The summed E-state index contributed by atoms with van der Waals surface area (Å²) in [7, 11) is 0. The van der Waals surface area contributed by atoms with Crippen molar-refractivity contribution in [2.45, 2.75) is 6.54 Å². The fourth-order valence-corrected chi connectivity index (χ4v) is 2.35. The van der Waals surface area contributed by atoms with Gasteiger partial charge in [-0.05, 0) is 24.3 Å². The average molecular weight is 268 g/mol. The molecule has 4 nitrogen and oxygen atoms in total. The molecule has 2 aromatic heterocycles. The van der Waals surface area contributed by atoms with Crippen molar-refractivity contribution in [3.63, 3.8) is 0 Å². The van der Waals surface area contributed by atoms with Crippen LogP contribution in [0, 0.1) is 0 Å². The van der Waals surface area contributed by atoms with Crippen molar-refractivity contribution in [3.8, 4) is 0 Å². The Morgan fingerprint density at radius 1 is 1.47 bits per heavy atom. The first kappa shape index (κ1) is 11.9. The lowest BCUT2D eigenvalue weighted by Gasteiger charge is -2.05. The number of carbonyl (C=O) groups excluding carboxylic acids is 1. The highest BCUT2D eigenvalue weighted by molar-refractivity contribution is 7.16. The maximum atomic E-state index is 11.8. The first-order valence-corrected chi connectivity index (χ1v) is 6.09. The average Bonchev–Trinajstić information content (AvgIpc) is 2.73. The van der Waals surface area contributed by atoms with Crippen molar-refractivity contribution in [1.82, 2.24) is 10.3 Å². The van der Waals surface area contributed by atoms with Crippen molar-refractivity contribution in [3.05, 3.63) is 45.2 Å². The molecule has 0 aliphatic rings. The van der Waals surface area contributed by atoms with Gasteiger partial charge in [0.05, 0.1) is 16.4 Å². The quantitative estimate of drug-likeness (QED) is 0.897.